The molecule has 4 aromatic carbocycles. The van der Waals surface area contributed by atoms with Gasteiger partial charge in [-0.25, -0.2) is 0 Å². The van der Waals surface area contributed by atoms with Gasteiger partial charge in [-0.3, -0.25) is 0 Å². The second-order valence-corrected chi connectivity index (χ2v) is 13.6. The van der Waals surface area contributed by atoms with Crippen LogP contribution in [0.1, 0.15) is 0 Å². The molecule has 4 nitrogen and oxygen atoms in total. The molecule has 2 unspecified atom stereocenters. The Morgan fingerprint density at radius 2 is 0.947 bits per heavy atom. The van der Waals surface area contributed by atoms with Gasteiger partial charge in [0, 0.05) is 39.2 Å². The van der Waals surface area contributed by atoms with Gasteiger partial charge in [0.05, 0.1) is 13.2 Å². The van der Waals surface area contributed by atoms with Gasteiger partial charge in [0.1, 0.15) is 36.9 Å². The van der Waals surface area contributed by atoms with E-state index in [1.807, 2.05) is 47.8 Å². The molecule has 3 heterocycles. The largest absolute Gasteiger partial charge is 0.491 e. The normalized spacial score (nSPS) is 18.8. The van der Waals surface area contributed by atoms with Crippen LogP contribution in [0.5, 0.6) is 11.5 Å². The number of rotatable bonds is 10. The third-order valence-electron chi connectivity index (χ3n) is 6.07. The van der Waals surface area contributed by atoms with Crippen LogP contribution in [0.15, 0.2) is 124 Å². The zero-order chi connectivity index (χ0) is 25.3. The van der Waals surface area contributed by atoms with Crippen LogP contribution in [0.4, 0.5) is 0 Å². The maximum Gasteiger partial charge on any atom is 0.119 e. The lowest BCUT2D eigenvalue weighted by Crippen LogP contribution is -2.03. The predicted octanol–water partition coefficient (Wildman–Crippen LogP) is 8.16. The van der Waals surface area contributed by atoms with Gasteiger partial charge in [0.2, 0.25) is 0 Å². The summed E-state index contributed by atoms with van der Waals surface area (Å²) in [5, 5.41) is 0. The Hall–Kier alpha value is -2.20. The molecule has 7 rings (SSSR count). The smallest absolute Gasteiger partial charge is 0.119 e. The van der Waals surface area contributed by atoms with Crippen molar-refractivity contribution >= 4 is 47.0 Å². The molecule has 0 amide bonds. The molecule has 0 saturated carbocycles. The van der Waals surface area contributed by atoms with E-state index < -0.39 is 0 Å². The van der Waals surface area contributed by atoms with Crippen molar-refractivity contribution in [3.05, 3.63) is 84.9 Å². The Labute approximate surface area is 239 Å². The van der Waals surface area contributed by atoms with Crippen molar-refractivity contribution in [1.82, 2.24) is 0 Å². The van der Waals surface area contributed by atoms with E-state index in [1.54, 1.807) is 23.5 Å². The maximum atomic E-state index is 5.76. The molecule has 2 saturated heterocycles. The summed E-state index contributed by atoms with van der Waals surface area (Å²) in [6, 6.07) is 30.1. The first-order valence-electron chi connectivity index (χ1n) is 12.4. The molecule has 38 heavy (non-hydrogen) atoms. The molecular formula is C30H24O4S4. The number of epoxide rings is 2. The summed E-state index contributed by atoms with van der Waals surface area (Å²) in [6.45, 7) is 2.89. The zero-order valence-electron chi connectivity index (χ0n) is 20.3. The fraction of sp³-hybridized carbons (Fsp3) is 0.200. The lowest BCUT2D eigenvalue weighted by Gasteiger charge is -2.19. The number of ether oxygens (including phenoxy) is 4. The summed E-state index contributed by atoms with van der Waals surface area (Å²) in [7, 11) is 0. The van der Waals surface area contributed by atoms with E-state index in [2.05, 4.69) is 60.7 Å². The van der Waals surface area contributed by atoms with Gasteiger partial charge in [-0.1, -0.05) is 47.0 Å². The minimum atomic E-state index is 0.274. The Morgan fingerprint density at radius 3 is 1.34 bits per heavy atom. The Morgan fingerprint density at radius 1 is 0.553 bits per heavy atom. The van der Waals surface area contributed by atoms with Gasteiger partial charge in [0.15, 0.2) is 0 Å². The monoisotopic (exact) mass is 576 g/mol. The van der Waals surface area contributed by atoms with E-state index in [0.29, 0.717) is 13.2 Å². The zero-order valence-corrected chi connectivity index (χ0v) is 23.6. The third-order valence-corrected chi connectivity index (χ3v) is 10.6. The number of benzene rings is 4. The summed E-state index contributed by atoms with van der Waals surface area (Å²) in [5.41, 5.74) is 0. The molecular weight excluding hydrogens is 553 g/mol. The molecule has 0 bridgehead atoms. The molecule has 0 aliphatic carbocycles. The first kappa shape index (κ1) is 24.8. The van der Waals surface area contributed by atoms with Crippen LogP contribution in [-0.2, 0) is 9.47 Å². The first-order chi connectivity index (χ1) is 18.7. The van der Waals surface area contributed by atoms with E-state index in [4.69, 9.17) is 18.9 Å². The Bertz CT molecular complexity index is 1320. The molecule has 0 aromatic heterocycles. The molecule has 2 fully saturated rings. The van der Waals surface area contributed by atoms with Gasteiger partial charge in [-0.2, -0.15) is 0 Å². The van der Waals surface area contributed by atoms with Crippen molar-refractivity contribution in [3.8, 4) is 11.5 Å². The summed E-state index contributed by atoms with van der Waals surface area (Å²) < 4.78 is 21.9. The van der Waals surface area contributed by atoms with Crippen LogP contribution in [-0.4, -0.2) is 38.6 Å². The van der Waals surface area contributed by atoms with Gasteiger partial charge in [-0.05, 0) is 84.9 Å². The van der Waals surface area contributed by atoms with E-state index in [1.165, 1.54) is 39.2 Å². The SMILES string of the molecule is c1cc(Sc2ccc3c(c2)Sc2ccc(Sc4ccc(OCC5CO5)cc4)cc2S3)ccc1OCC1CO1. The van der Waals surface area contributed by atoms with Crippen molar-refractivity contribution in [2.75, 3.05) is 26.4 Å². The van der Waals surface area contributed by atoms with Crippen LogP contribution < -0.4 is 9.47 Å². The van der Waals surface area contributed by atoms with Crippen molar-refractivity contribution in [2.24, 2.45) is 0 Å². The standard InChI is InChI=1S/C30H24O4S4/c1-5-23(6-2-19(1)31-15-21-17-33-21)35-25-9-11-27-29(13-25)37-28-12-10-26(14-30(28)38-27)36-24-7-3-20(4-8-24)32-16-22-18-34-22/h1-14,21-22H,15-18H2. The molecule has 8 heteroatoms. The maximum absolute atomic E-state index is 5.76. The van der Waals surface area contributed by atoms with Crippen molar-refractivity contribution in [2.45, 2.75) is 51.4 Å². The summed E-state index contributed by atoms with van der Waals surface area (Å²) in [4.78, 5) is 10.1. The highest BCUT2D eigenvalue weighted by Crippen LogP contribution is 2.50. The van der Waals surface area contributed by atoms with Crippen LogP contribution in [0.2, 0.25) is 0 Å². The average Bonchev–Trinajstić information content (AvgIpc) is 3.87. The molecule has 192 valence electrons. The minimum absolute atomic E-state index is 0.274. The van der Waals surface area contributed by atoms with Crippen molar-refractivity contribution in [1.29, 1.82) is 0 Å². The number of hydrogen-bond donors (Lipinski definition) is 0. The fourth-order valence-electron chi connectivity index (χ4n) is 3.86. The van der Waals surface area contributed by atoms with E-state index in [0.717, 1.165) is 24.7 Å². The summed E-state index contributed by atoms with van der Waals surface area (Å²) >= 11 is 7.26. The van der Waals surface area contributed by atoms with Gasteiger partial charge in [-0.15, -0.1) is 0 Å². The Kier molecular flexibility index (Phi) is 7.26. The lowest BCUT2D eigenvalue weighted by molar-refractivity contribution is 0.263. The van der Waals surface area contributed by atoms with Crippen molar-refractivity contribution in [3.63, 3.8) is 0 Å². The fourth-order valence-corrected chi connectivity index (χ4v) is 7.99. The van der Waals surface area contributed by atoms with Gasteiger partial charge in [0.25, 0.3) is 0 Å². The Balaban J connectivity index is 0.979. The predicted molar refractivity (Wildman–Crippen MR) is 153 cm³/mol. The topological polar surface area (TPSA) is 43.5 Å². The highest BCUT2D eigenvalue weighted by molar-refractivity contribution is 8.05. The molecule has 3 aliphatic heterocycles. The highest BCUT2D eigenvalue weighted by Gasteiger charge is 2.24. The average molecular weight is 577 g/mol. The second-order valence-electron chi connectivity index (χ2n) is 9.10. The highest BCUT2D eigenvalue weighted by atomic mass is 32.2. The molecule has 0 spiro atoms. The van der Waals surface area contributed by atoms with Crippen LogP contribution in [0.3, 0.4) is 0 Å². The van der Waals surface area contributed by atoms with E-state index in [-0.39, 0.29) is 12.2 Å². The summed E-state index contributed by atoms with van der Waals surface area (Å²) in [5.74, 6) is 1.78. The molecule has 4 aromatic rings. The van der Waals surface area contributed by atoms with Crippen LogP contribution >= 0.6 is 47.0 Å². The minimum Gasteiger partial charge on any atom is -0.491 e. The quantitative estimate of drug-likeness (QED) is 0.154. The molecule has 3 aliphatic rings. The molecule has 0 radical (unpaired) electrons. The van der Waals surface area contributed by atoms with Gasteiger partial charge < -0.3 is 18.9 Å². The number of hydrogen-bond acceptors (Lipinski definition) is 8. The lowest BCUT2D eigenvalue weighted by atomic mass is 10.3. The van der Waals surface area contributed by atoms with Crippen LogP contribution in [0.25, 0.3) is 0 Å². The van der Waals surface area contributed by atoms with E-state index in [9.17, 15) is 0 Å². The first-order valence-corrected chi connectivity index (χ1v) is 15.7. The van der Waals surface area contributed by atoms with Crippen molar-refractivity contribution < 1.29 is 18.9 Å². The second kappa shape index (κ2) is 11.1. The van der Waals surface area contributed by atoms with Gasteiger partial charge >= 0.3 is 0 Å². The molecule has 2 atom stereocenters. The van der Waals surface area contributed by atoms with Crippen LogP contribution in [0, 0.1) is 0 Å². The number of fused-ring (bicyclic) bond motifs is 2. The molecule has 0 N–H and O–H groups in total. The summed E-state index contributed by atoms with van der Waals surface area (Å²) in [6.07, 6.45) is 0.548. The third kappa shape index (κ3) is 6.33. The van der Waals surface area contributed by atoms with E-state index >= 15 is 0 Å².